The van der Waals surface area contributed by atoms with E-state index >= 15 is 0 Å². The number of aryl methyl sites for hydroxylation is 2. The second-order valence-corrected chi connectivity index (χ2v) is 5.53. The number of aromatic hydroxyl groups is 2. The lowest BCUT2D eigenvalue weighted by Gasteiger charge is -2.04. The Hall–Kier alpha value is -3.20. The molecule has 0 atom stereocenters. The number of hydrogen-bond donors (Lipinski definition) is 3. The van der Waals surface area contributed by atoms with Crippen molar-refractivity contribution in [3.63, 3.8) is 0 Å². The molecule has 3 N–H and O–H groups in total. The third-order valence-corrected chi connectivity index (χ3v) is 3.25. The van der Waals surface area contributed by atoms with Gasteiger partial charge in [0.25, 0.3) is 0 Å². The molecule has 26 heavy (non-hydrogen) atoms. The molecule has 0 radical (unpaired) electrons. The molecule has 0 spiro atoms. The van der Waals surface area contributed by atoms with Gasteiger partial charge in [-0.25, -0.2) is 9.59 Å². The lowest BCUT2D eigenvalue weighted by molar-refractivity contribution is 0.192. The number of hydrogen-bond acceptors (Lipinski definition) is 9. The van der Waals surface area contributed by atoms with Crippen LogP contribution in [-0.4, -0.2) is 46.9 Å². The molecule has 2 rings (SSSR count). The summed E-state index contributed by atoms with van der Waals surface area (Å²) in [6.45, 7) is 2.85. The van der Waals surface area contributed by atoms with Crippen molar-refractivity contribution in [1.82, 2.24) is 0 Å². The Morgan fingerprint density at radius 2 is 1.31 bits per heavy atom. The van der Waals surface area contributed by atoms with Gasteiger partial charge in [-0.15, -0.1) is 0 Å². The van der Waals surface area contributed by atoms with E-state index in [0.29, 0.717) is 0 Å². The van der Waals surface area contributed by atoms with Crippen LogP contribution in [0.2, 0.25) is 0 Å². The normalized spacial score (nSPS) is 12.9. The van der Waals surface area contributed by atoms with Crippen LogP contribution in [0.3, 0.4) is 0 Å². The molecule has 0 saturated heterocycles. The molecule has 9 nitrogen and oxygen atoms in total. The van der Waals surface area contributed by atoms with Crippen LogP contribution in [0.15, 0.2) is 40.5 Å². The zero-order chi connectivity index (χ0) is 19.3. The molecule has 9 heteroatoms. The van der Waals surface area contributed by atoms with Gasteiger partial charge in [0, 0.05) is 24.6 Å². The Morgan fingerprint density at radius 3 is 1.65 bits per heavy atom. The van der Waals surface area contributed by atoms with Crippen LogP contribution < -0.4 is 11.3 Å². The largest absolute Gasteiger partial charge is 0.507 e. The van der Waals surface area contributed by atoms with Crippen molar-refractivity contribution in [3.8, 4) is 11.5 Å². The van der Waals surface area contributed by atoms with E-state index in [1.54, 1.807) is 0 Å². The molecule has 2 heterocycles. The van der Waals surface area contributed by atoms with Crippen molar-refractivity contribution in [2.75, 3.05) is 13.1 Å². The number of aliphatic hydroxyl groups excluding tert-OH is 1. The highest BCUT2D eigenvalue weighted by molar-refractivity contribution is 5.83. The van der Waals surface area contributed by atoms with E-state index in [-0.39, 0.29) is 47.2 Å². The second-order valence-electron chi connectivity index (χ2n) is 5.53. The predicted molar refractivity (Wildman–Crippen MR) is 93.7 cm³/mol. The molecule has 0 fully saturated rings. The van der Waals surface area contributed by atoms with Crippen LogP contribution in [0.1, 0.15) is 22.6 Å². The monoisotopic (exact) mass is 362 g/mol. The highest BCUT2D eigenvalue weighted by Gasteiger charge is 2.09. The zero-order valence-electron chi connectivity index (χ0n) is 14.2. The van der Waals surface area contributed by atoms with E-state index in [9.17, 15) is 24.9 Å². The summed E-state index contributed by atoms with van der Waals surface area (Å²) in [5, 5.41) is 29.2. The van der Waals surface area contributed by atoms with Gasteiger partial charge < -0.3 is 24.2 Å². The molecule has 0 aromatic carbocycles. The molecule has 0 aliphatic heterocycles. The van der Waals surface area contributed by atoms with Crippen LogP contribution in [0.4, 0.5) is 0 Å². The molecule has 0 aliphatic rings. The first kappa shape index (κ1) is 19.1. The Kier molecular flexibility index (Phi) is 6.07. The van der Waals surface area contributed by atoms with E-state index in [0.717, 1.165) is 12.4 Å². The van der Waals surface area contributed by atoms with Crippen molar-refractivity contribution < 1.29 is 24.2 Å². The van der Waals surface area contributed by atoms with Crippen LogP contribution in [-0.2, 0) is 0 Å². The highest BCUT2D eigenvalue weighted by Crippen LogP contribution is 2.13. The van der Waals surface area contributed by atoms with Gasteiger partial charge >= 0.3 is 11.3 Å². The fourth-order valence-electron chi connectivity index (χ4n) is 2.04. The number of rotatable bonds is 6. The molecule has 2 aromatic rings. The summed E-state index contributed by atoms with van der Waals surface area (Å²) in [6.07, 6.45) is 1.21. The van der Waals surface area contributed by atoms with Gasteiger partial charge in [0.2, 0.25) is 0 Å². The minimum atomic E-state index is -0.998. The summed E-state index contributed by atoms with van der Waals surface area (Å²) in [6, 6.07) is 2.56. The third-order valence-electron chi connectivity index (χ3n) is 3.25. The van der Waals surface area contributed by atoms with Crippen LogP contribution >= 0.6 is 0 Å². The SMILES string of the molecule is Cc1cc(O)c(C=NCC(O)CN=Cc2c(O)cc(C)oc2=O)c(=O)o1. The molecule has 2 aromatic heterocycles. The minimum Gasteiger partial charge on any atom is -0.507 e. The quantitative estimate of drug-likeness (QED) is 0.635. The Labute approximate surface area is 147 Å². The molecule has 0 aliphatic carbocycles. The summed E-state index contributed by atoms with van der Waals surface area (Å²) >= 11 is 0. The van der Waals surface area contributed by atoms with Gasteiger partial charge in [-0.1, -0.05) is 0 Å². The summed E-state index contributed by atoms with van der Waals surface area (Å²) in [5.74, 6) is -0.00104. The third kappa shape index (κ3) is 4.90. The number of nitrogens with zero attached hydrogens (tertiary/aromatic N) is 2. The lowest BCUT2D eigenvalue weighted by Crippen LogP contribution is -2.16. The summed E-state index contributed by atoms with van der Waals surface area (Å²) < 4.78 is 9.67. The molecule has 0 amide bonds. The van der Waals surface area contributed by atoms with Gasteiger partial charge in [0.05, 0.1) is 19.2 Å². The van der Waals surface area contributed by atoms with E-state index in [1.807, 2.05) is 0 Å². The van der Waals surface area contributed by atoms with Gasteiger partial charge in [-0.2, -0.15) is 0 Å². The van der Waals surface area contributed by atoms with Crippen molar-refractivity contribution in [1.29, 1.82) is 0 Å². The van der Waals surface area contributed by atoms with E-state index in [4.69, 9.17) is 8.83 Å². The number of aliphatic imine (C=N–C) groups is 2. The average Bonchev–Trinajstić information content (AvgIpc) is 2.52. The maximum Gasteiger partial charge on any atom is 0.348 e. The predicted octanol–water partition coefficient (Wildman–Crippen LogP) is 0.520. The fraction of sp³-hybridized carbons (Fsp3) is 0.294. The molecule has 0 bridgehead atoms. The average molecular weight is 362 g/mol. The maximum atomic E-state index is 11.6. The molecule has 138 valence electrons. The first-order valence-electron chi connectivity index (χ1n) is 7.63. The summed E-state index contributed by atoms with van der Waals surface area (Å²) in [4.78, 5) is 30.9. The topological polar surface area (TPSA) is 146 Å². The Bertz CT molecular complexity index is 879. The number of aliphatic hydroxyl groups is 1. The smallest absolute Gasteiger partial charge is 0.348 e. The van der Waals surface area contributed by atoms with Crippen LogP contribution in [0, 0.1) is 13.8 Å². The van der Waals surface area contributed by atoms with Crippen molar-refractivity contribution in [2.45, 2.75) is 20.0 Å². The maximum absolute atomic E-state index is 11.6. The van der Waals surface area contributed by atoms with E-state index < -0.39 is 17.4 Å². The van der Waals surface area contributed by atoms with Gasteiger partial charge in [0.15, 0.2) is 0 Å². The standard InChI is InChI=1S/C17H18N2O7/c1-9-3-14(21)12(16(23)25-9)7-18-5-11(20)6-19-8-13-15(22)4-10(2)26-17(13)24/h3-4,7-8,11,20-22H,5-6H2,1-2H3. The Morgan fingerprint density at radius 1 is 0.923 bits per heavy atom. The lowest BCUT2D eigenvalue weighted by atomic mass is 10.2. The molecular weight excluding hydrogens is 344 g/mol. The second kappa shape index (κ2) is 8.26. The van der Waals surface area contributed by atoms with Gasteiger partial charge in [0.1, 0.15) is 34.1 Å². The molecule has 0 saturated carbocycles. The van der Waals surface area contributed by atoms with E-state index in [1.165, 1.54) is 26.0 Å². The first-order chi connectivity index (χ1) is 12.3. The van der Waals surface area contributed by atoms with Crippen molar-refractivity contribution in [3.05, 3.63) is 55.6 Å². The van der Waals surface area contributed by atoms with Crippen molar-refractivity contribution in [2.24, 2.45) is 9.98 Å². The zero-order valence-corrected chi connectivity index (χ0v) is 14.2. The van der Waals surface area contributed by atoms with Gasteiger partial charge in [-0.05, 0) is 13.8 Å². The molecule has 0 unspecified atom stereocenters. The Balaban J connectivity index is 1.97. The minimum absolute atomic E-state index is 0.0986. The highest BCUT2D eigenvalue weighted by atomic mass is 16.4. The van der Waals surface area contributed by atoms with Crippen molar-refractivity contribution >= 4 is 12.4 Å². The first-order valence-corrected chi connectivity index (χ1v) is 7.63. The molecular formula is C17H18N2O7. The fourth-order valence-corrected chi connectivity index (χ4v) is 2.04. The van der Waals surface area contributed by atoms with Gasteiger partial charge in [-0.3, -0.25) is 9.98 Å². The van der Waals surface area contributed by atoms with E-state index in [2.05, 4.69) is 9.98 Å². The van der Waals surface area contributed by atoms with Crippen LogP contribution in [0.25, 0.3) is 0 Å². The summed E-state index contributed by atoms with van der Waals surface area (Å²) in [7, 11) is 0. The van der Waals surface area contributed by atoms with Crippen LogP contribution in [0.5, 0.6) is 11.5 Å². The summed E-state index contributed by atoms with van der Waals surface area (Å²) in [5.41, 5.74) is -1.71.